The van der Waals surface area contributed by atoms with Crippen LogP contribution in [0.2, 0.25) is 0 Å². The second kappa shape index (κ2) is 6.88. The van der Waals surface area contributed by atoms with Gasteiger partial charge >= 0.3 is 6.18 Å². The number of rotatable bonds is 5. The summed E-state index contributed by atoms with van der Waals surface area (Å²) in [6.45, 7) is 1.15. The first-order valence-corrected chi connectivity index (χ1v) is 8.18. The molecule has 0 bridgehead atoms. The van der Waals surface area contributed by atoms with E-state index >= 15 is 0 Å². The third kappa shape index (κ3) is 4.53. The van der Waals surface area contributed by atoms with Crippen molar-refractivity contribution in [1.82, 2.24) is 4.98 Å². The van der Waals surface area contributed by atoms with Gasteiger partial charge in [0.05, 0.1) is 11.5 Å². The topological polar surface area (TPSA) is 76.5 Å². The Labute approximate surface area is 136 Å². The molecular formula is C15H14F3NO4S. The fourth-order valence-corrected chi connectivity index (χ4v) is 2.71. The number of aliphatic hydroxyl groups excluding tert-OH is 1. The molecule has 0 aliphatic rings. The molecule has 0 amide bonds. The molecule has 24 heavy (non-hydrogen) atoms. The Morgan fingerprint density at radius 2 is 1.79 bits per heavy atom. The Kier molecular flexibility index (Phi) is 5.26. The maximum Gasteiger partial charge on any atom is 0.433 e. The maximum absolute atomic E-state index is 12.4. The number of alkyl halides is 3. The molecule has 0 spiro atoms. The fraction of sp³-hybridized carbons (Fsp3) is 0.267. The molecule has 1 atom stereocenters. The predicted molar refractivity (Wildman–Crippen MR) is 78.5 cm³/mol. The average molecular weight is 361 g/mol. The van der Waals surface area contributed by atoms with E-state index in [0.717, 1.165) is 17.8 Å². The van der Waals surface area contributed by atoms with Gasteiger partial charge in [-0.3, -0.25) is 9.17 Å². The standard InChI is InChI=1S/C15H14F3NO4S/c1-10-2-5-12(6-3-10)24(21,22)23-9-13(20)11-4-7-14(19-8-11)15(16,17)18/h2-8,13,20H,9H2,1H3/t13-/m0/s1. The van der Waals surface area contributed by atoms with Crippen molar-refractivity contribution in [1.29, 1.82) is 0 Å². The zero-order valence-corrected chi connectivity index (χ0v) is 13.3. The van der Waals surface area contributed by atoms with Crippen molar-refractivity contribution in [2.75, 3.05) is 6.61 Å². The van der Waals surface area contributed by atoms with Gasteiger partial charge in [0.15, 0.2) is 0 Å². The van der Waals surface area contributed by atoms with Crippen LogP contribution in [0.15, 0.2) is 47.5 Å². The van der Waals surface area contributed by atoms with E-state index in [1.165, 1.54) is 12.1 Å². The summed E-state index contributed by atoms with van der Waals surface area (Å²) < 4.78 is 65.9. The molecule has 130 valence electrons. The van der Waals surface area contributed by atoms with Gasteiger partial charge < -0.3 is 5.11 Å². The van der Waals surface area contributed by atoms with Crippen molar-refractivity contribution in [2.45, 2.75) is 24.1 Å². The van der Waals surface area contributed by atoms with Crippen molar-refractivity contribution >= 4 is 10.1 Å². The Bertz CT molecular complexity index is 787. The Morgan fingerprint density at radius 3 is 2.29 bits per heavy atom. The van der Waals surface area contributed by atoms with E-state index in [-0.39, 0.29) is 10.5 Å². The normalized spacial score (nSPS) is 13.7. The summed E-state index contributed by atoms with van der Waals surface area (Å²) in [4.78, 5) is 3.12. The van der Waals surface area contributed by atoms with Gasteiger partial charge in [-0.15, -0.1) is 0 Å². The van der Waals surface area contributed by atoms with Gasteiger partial charge in [-0.05, 0) is 25.1 Å². The third-order valence-electron chi connectivity index (χ3n) is 3.15. The lowest BCUT2D eigenvalue weighted by molar-refractivity contribution is -0.141. The minimum absolute atomic E-state index is 0.0158. The molecule has 1 aromatic heterocycles. The highest BCUT2D eigenvalue weighted by atomic mass is 32.2. The molecule has 1 N–H and O–H groups in total. The van der Waals surface area contributed by atoms with Crippen LogP contribution in [0.25, 0.3) is 0 Å². The van der Waals surface area contributed by atoms with Crippen LogP contribution in [0.3, 0.4) is 0 Å². The molecule has 0 aliphatic heterocycles. The minimum atomic E-state index is -4.59. The number of pyridine rings is 1. The van der Waals surface area contributed by atoms with Crippen LogP contribution in [0.1, 0.15) is 22.9 Å². The lowest BCUT2D eigenvalue weighted by Gasteiger charge is -2.12. The third-order valence-corrected chi connectivity index (χ3v) is 4.45. The van der Waals surface area contributed by atoms with Crippen molar-refractivity contribution in [3.05, 3.63) is 59.4 Å². The van der Waals surface area contributed by atoms with Gasteiger partial charge in [0, 0.05) is 11.8 Å². The number of benzene rings is 1. The van der Waals surface area contributed by atoms with Crippen molar-refractivity contribution in [2.24, 2.45) is 0 Å². The minimum Gasteiger partial charge on any atom is -0.386 e. The van der Waals surface area contributed by atoms with Crippen LogP contribution in [0, 0.1) is 6.92 Å². The van der Waals surface area contributed by atoms with E-state index < -0.39 is 34.7 Å². The summed E-state index contributed by atoms with van der Waals surface area (Å²) in [6, 6.07) is 7.61. The highest BCUT2D eigenvalue weighted by Crippen LogP contribution is 2.28. The van der Waals surface area contributed by atoms with Crippen molar-refractivity contribution in [3.8, 4) is 0 Å². The van der Waals surface area contributed by atoms with Crippen LogP contribution in [0.4, 0.5) is 13.2 Å². The van der Waals surface area contributed by atoms with Crippen LogP contribution in [-0.2, 0) is 20.5 Å². The molecule has 0 saturated carbocycles. The number of aromatic nitrogens is 1. The molecule has 2 aromatic rings. The van der Waals surface area contributed by atoms with Crippen LogP contribution in [-0.4, -0.2) is 25.1 Å². The largest absolute Gasteiger partial charge is 0.433 e. The molecule has 0 radical (unpaired) electrons. The van der Waals surface area contributed by atoms with Crippen LogP contribution in [0.5, 0.6) is 0 Å². The quantitative estimate of drug-likeness (QED) is 0.829. The van der Waals surface area contributed by atoms with E-state index in [1.54, 1.807) is 19.1 Å². The molecule has 9 heteroatoms. The SMILES string of the molecule is Cc1ccc(S(=O)(=O)OC[C@H](O)c2ccc(C(F)(F)F)nc2)cc1. The second-order valence-electron chi connectivity index (χ2n) is 5.04. The highest BCUT2D eigenvalue weighted by Gasteiger charge is 2.32. The first-order chi connectivity index (χ1) is 11.1. The number of halogens is 3. The van der Waals surface area contributed by atoms with Crippen molar-refractivity contribution < 1.29 is 30.9 Å². The van der Waals surface area contributed by atoms with Gasteiger partial charge in [0.1, 0.15) is 11.8 Å². The van der Waals surface area contributed by atoms with Gasteiger partial charge in [0.25, 0.3) is 10.1 Å². The summed E-state index contributed by atoms with van der Waals surface area (Å²) in [7, 11) is -4.07. The summed E-state index contributed by atoms with van der Waals surface area (Å²) in [5, 5.41) is 9.86. The number of aryl methyl sites for hydroxylation is 1. The summed E-state index contributed by atoms with van der Waals surface area (Å²) in [6.07, 6.45) is -5.19. The van der Waals surface area contributed by atoms with Gasteiger partial charge in [-0.25, -0.2) is 0 Å². The van der Waals surface area contributed by atoms with Gasteiger partial charge in [0.2, 0.25) is 0 Å². The number of hydrogen-bond acceptors (Lipinski definition) is 5. The monoisotopic (exact) mass is 361 g/mol. The molecule has 1 heterocycles. The first-order valence-electron chi connectivity index (χ1n) is 6.77. The van der Waals surface area contributed by atoms with Crippen LogP contribution < -0.4 is 0 Å². The summed E-state index contributed by atoms with van der Waals surface area (Å²) >= 11 is 0. The first kappa shape index (κ1) is 18.4. The molecule has 0 aliphatic carbocycles. The highest BCUT2D eigenvalue weighted by molar-refractivity contribution is 7.86. The van der Waals surface area contributed by atoms with E-state index in [1.807, 2.05) is 0 Å². The maximum atomic E-state index is 12.4. The molecule has 0 saturated heterocycles. The predicted octanol–water partition coefficient (Wildman–Crippen LogP) is 2.85. The smallest absolute Gasteiger partial charge is 0.386 e. The van der Waals surface area contributed by atoms with Gasteiger partial charge in [-0.1, -0.05) is 23.8 Å². The Morgan fingerprint density at radius 1 is 1.17 bits per heavy atom. The second-order valence-corrected chi connectivity index (χ2v) is 6.66. The zero-order valence-electron chi connectivity index (χ0n) is 12.5. The zero-order chi connectivity index (χ0) is 18.0. The summed E-state index contributed by atoms with van der Waals surface area (Å²) in [5.74, 6) is 0. The fourth-order valence-electron chi connectivity index (χ4n) is 1.79. The molecule has 0 unspecified atom stereocenters. The molecule has 2 rings (SSSR count). The van der Waals surface area contributed by atoms with Crippen molar-refractivity contribution in [3.63, 3.8) is 0 Å². The summed E-state index contributed by atoms with van der Waals surface area (Å²) in [5.41, 5.74) is -0.224. The lowest BCUT2D eigenvalue weighted by Crippen LogP contribution is -2.14. The van der Waals surface area contributed by atoms with Gasteiger partial charge in [-0.2, -0.15) is 21.6 Å². The average Bonchev–Trinajstić information content (AvgIpc) is 2.52. The van der Waals surface area contributed by atoms with E-state index in [4.69, 9.17) is 4.18 Å². The van der Waals surface area contributed by atoms with E-state index in [0.29, 0.717) is 6.07 Å². The number of nitrogens with zero attached hydrogens (tertiary/aromatic N) is 1. The molecular weight excluding hydrogens is 347 g/mol. The van der Waals surface area contributed by atoms with E-state index in [9.17, 15) is 26.7 Å². The number of aliphatic hydroxyl groups is 1. The molecule has 1 aromatic carbocycles. The lowest BCUT2D eigenvalue weighted by atomic mass is 10.1. The Hall–Kier alpha value is -1.97. The Balaban J connectivity index is 2.04. The van der Waals surface area contributed by atoms with Crippen LogP contribution >= 0.6 is 0 Å². The molecule has 0 fully saturated rings. The number of hydrogen-bond donors (Lipinski definition) is 1. The van der Waals surface area contributed by atoms with E-state index in [2.05, 4.69) is 4.98 Å². The molecule has 5 nitrogen and oxygen atoms in total.